The number of rotatable bonds is 2. The molecule has 0 amide bonds. The van der Waals surface area contributed by atoms with Crippen molar-refractivity contribution in [3.8, 4) is 0 Å². The normalized spacial score (nSPS) is 15.5. The third kappa shape index (κ3) is 2.51. The van der Waals surface area contributed by atoms with Gasteiger partial charge in [0.2, 0.25) is 0 Å². The largest absolute Gasteiger partial charge is 0.367 e. The second kappa shape index (κ2) is 5.44. The Kier molecular flexibility index (Phi) is 3.63. The average Bonchev–Trinajstić information content (AvgIpc) is 2.46. The lowest BCUT2D eigenvalue weighted by Gasteiger charge is -2.30. The number of fused-ring (bicyclic) bond motifs is 1. The van der Waals surface area contributed by atoms with E-state index in [1.54, 1.807) is 11.1 Å². The van der Waals surface area contributed by atoms with Crippen LogP contribution in [0.4, 0.5) is 20.3 Å². The summed E-state index contributed by atoms with van der Waals surface area (Å²) >= 11 is 0. The van der Waals surface area contributed by atoms with Gasteiger partial charge in [0.05, 0.1) is 11.9 Å². The van der Waals surface area contributed by atoms with Crippen molar-refractivity contribution in [1.29, 1.82) is 0 Å². The van der Waals surface area contributed by atoms with Crippen molar-refractivity contribution < 1.29 is 8.78 Å². The van der Waals surface area contributed by atoms with Crippen molar-refractivity contribution in [3.05, 3.63) is 30.0 Å². The number of piperazine rings is 1. The lowest BCUT2D eigenvalue weighted by molar-refractivity contribution is 0.583. The van der Waals surface area contributed by atoms with Gasteiger partial charge in [0.1, 0.15) is 17.5 Å². The topological polar surface area (TPSA) is 31.4 Å². The van der Waals surface area contributed by atoms with E-state index < -0.39 is 11.6 Å². The Bertz CT molecular complexity index is 666. The Morgan fingerprint density at radius 2 is 1.90 bits per heavy atom. The minimum absolute atomic E-state index is 0.442. The van der Waals surface area contributed by atoms with Crippen molar-refractivity contribution in [2.45, 2.75) is 0 Å². The zero-order valence-electron chi connectivity index (χ0n) is 12.2. The lowest BCUT2D eigenvalue weighted by atomic mass is 10.1. The predicted octanol–water partition coefficient (Wildman–Crippen LogP) is 1.99. The molecule has 1 fully saturated rings. The first-order valence-electron chi connectivity index (χ1n) is 6.98. The molecular formula is C15H18F2N4. The molecule has 0 radical (unpaired) electrons. The van der Waals surface area contributed by atoms with Crippen molar-refractivity contribution in [3.63, 3.8) is 0 Å². The van der Waals surface area contributed by atoms with E-state index in [1.807, 2.05) is 14.1 Å². The zero-order valence-corrected chi connectivity index (χ0v) is 12.2. The van der Waals surface area contributed by atoms with Crippen LogP contribution >= 0.6 is 0 Å². The van der Waals surface area contributed by atoms with Crippen molar-refractivity contribution >= 4 is 22.3 Å². The molecule has 1 aromatic heterocycles. The molecule has 21 heavy (non-hydrogen) atoms. The SMILES string of the molecule is CN(C)c1ncc(N2CCNCC2)c2c(F)cc(F)cc12. The maximum Gasteiger partial charge on any atom is 0.136 e. The Balaban J connectivity index is 2.24. The lowest BCUT2D eigenvalue weighted by Crippen LogP contribution is -2.43. The van der Waals surface area contributed by atoms with E-state index in [1.165, 1.54) is 6.07 Å². The highest BCUT2D eigenvalue weighted by Gasteiger charge is 2.19. The van der Waals surface area contributed by atoms with Gasteiger partial charge in [0, 0.05) is 57.1 Å². The minimum Gasteiger partial charge on any atom is -0.367 e. The van der Waals surface area contributed by atoms with Gasteiger partial charge in [-0.05, 0) is 6.07 Å². The molecule has 0 aliphatic carbocycles. The summed E-state index contributed by atoms with van der Waals surface area (Å²) in [6, 6.07) is 2.29. The highest BCUT2D eigenvalue weighted by molar-refractivity contribution is 6.01. The summed E-state index contributed by atoms with van der Waals surface area (Å²) in [7, 11) is 3.63. The molecular weight excluding hydrogens is 274 g/mol. The fourth-order valence-electron chi connectivity index (χ4n) is 2.77. The number of hydrogen-bond donors (Lipinski definition) is 1. The number of anilines is 2. The first-order valence-corrected chi connectivity index (χ1v) is 6.98. The van der Waals surface area contributed by atoms with Crippen LogP contribution in [0.3, 0.4) is 0 Å². The van der Waals surface area contributed by atoms with Gasteiger partial charge < -0.3 is 15.1 Å². The average molecular weight is 292 g/mol. The molecule has 1 N–H and O–H groups in total. The van der Waals surface area contributed by atoms with Gasteiger partial charge in [-0.1, -0.05) is 0 Å². The second-order valence-electron chi connectivity index (χ2n) is 5.41. The maximum absolute atomic E-state index is 14.4. The number of nitrogens with one attached hydrogen (secondary N) is 1. The van der Waals surface area contributed by atoms with Crippen LogP contribution in [-0.2, 0) is 0 Å². The Morgan fingerprint density at radius 3 is 2.57 bits per heavy atom. The van der Waals surface area contributed by atoms with Gasteiger partial charge in [-0.25, -0.2) is 13.8 Å². The smallest absolute Gasteiger partial charge is 0.136 e. The molecule has 4 nitrogen and oxygen atoms in total. The molecule has 1 saturated heterocycles. The van der Waals surface area contributed by atoms with E-state index in [0.29, 0.717) is 16.6 Å². The molecule has 0 saturated carbocycles. The summed E-state index contributed by atoms with van der Waals surface area (Å²) in [5, 5.41) is 4.21. The molecule has 0 spiro atoms. The molecule has 1 aliphatic heterocycles. The van der Waals surface area contributed by atoms with Crippen LogP contribution in [0.2, 0.25) is 0 Å². The van der Waals surface area contributed by atoms with Crippen molar-refractivity contribution in [2.24, 2.45) is 0 Å². The highest BCUT2D eigenvalue weighted by atomic mass is 19.1. The molecule has 0 unspecified atom stereocenters. The van der Waals surface area contributed by atoms with Gasteiger partial charge in [0.15, 0.2) is 0 Å². The van der Waals surface area contributed by atoms with Crippen LogP contribution in [0.1, 0.15) is 0 Å². The second-order valence-corrected chi connectivity index (χ2v) is 5.41. The van der Waals surface area contributed by atoms with Gasteiger partial charge in [-0.3, -0.25) is 0 Å². The van der Waals surface area contributed by atoms with E-state index in [0.717, 1.165) is 37.9 Å². The molecule has 1 aromatic carbocycles. The summed E-state index contributed by atoms with van der Waals surface area (Å²) in [5.74, 6) is -0.548. The van der Waals surface area contributed by atoms with Gasteiger partial charge >= 0.3 is 0 Å². The third-order valence-corrected chi connectivity index (χ3v) is 3.74. The summed E-state index contributed by atoms with van der Waals surface area (Å²) < 4.78 is 28.0. The fraction of sp³-hybridized carbons (Fsp3) is 0.400. The van der Waals surface area contributed by atoms with E-state index in [2.05, 4.69) is 15.2 Å². The Morgan fingerprint density at radius 1 is 1.19 bits per heavy atom. The number of pyridine rings is 1. The molecule has 0 bridgehead atoms. The molecule has 2 aromatic rings. The Hall–Kier alpha value is -1.95. The van der Waals surface area contributed by atoms with Crippen molar-refractivity contribution in [2.75, 3.05) is 50.1 Å². The number of aromatic nitrogens is 1. The standard InChI is InChI=1S/C15H18F2N4/c1-20(2)15-11-7-10(16)8-12(17)14(11)13(9-19-15)21-5-3-18-4-6-21/h7-9,18H,3-6H2,1-2H3. The number of hydrogen-bond acceptors (Lipinski definition) is 4. The molecule has 0 atom stereocenters. The zero-order chi connectivity index (χ0) is 15.0. The first-order chi connectivity index (χ1) is 10.1. The fourth-order valence-corrected chi connectivity index (χ4v) is 2.77. The van der Waals surface area contributed by atoms with Gasteiger partial charge in [-0.15, -0.1) is 0 Å². The molecule has 3 rings (SSSR count). The van der Waals surface area contributed by atoms with Crippen molar-refractivity contribution in [1.82, 2.24) is 10.3 Å². The molecule has 1 aliphatic rings. The summed E-state index contributed by atoms with van der Waals surface area (Å²) in [6.07, 6.45) is 1.68. The van der Waals surface area contributed by atoms with Gasteiger partial charge in [0.25, 0.3) is 0 Å². The van der Waals surface area contributed by atoms with Crippen LogP contribution < -0.4 is 15.1 Å². The monoisotopic (exact) mass is 292 g/mol. The summed E-state index contributed by atoms with van der Waals surface area (Å²) in [6.45, 7) is 3.27. The maximum atomic E-state index is 14.4. The highest BCUT2D eigenvalue weighted by Crippen LogP contribution is 2.34. The number of nitrogens with zero attached hydrogens (tertiary/aromatic N) is 3. The Labute approximate surface area is 122 Å². The predicted molar refractivity (Wildman–Crippen MR) is 81.1 cm³/mol. The van der Waals surface area contributed by atoms with E-state index in [9.17, 15) is 8.78 Å². The van der Waals surface area contributed by atoms with E-state index in [-0.39, 0.29) is 0 Å². The number of halogens is 2. The third-order valence-electron chi connectivity index (χ3n) is 3.74. The summed E-state index contributed by atoms with van der Waals surface area (Å²) in [5.41, 5.74) is 0.731. The van der Waals surface area contributed by atoms with Crippen LogP contribution in [0.5, 0.6) is 0 Å². The molecule has 6 heteroatoms. The van der Waals surface area contributed by atoms with Crippen LogP contribution in [-0.4, -0.2) is 45.3 Å². The van der Waals surface area contributed by atoms with Crippen LogP contribution in [0.25, 0.3) is 10.8 Å². The number of benzene rings is 1. The minimum atomic E-state index is -0.581. The molecule has 112 valence electrons. The molecule has 2 heterocycles. The first kappa shape index (κ1) is 14.0. The van der Waals surface area contributed by atoms with Crippen LogP contribution in [0, 0.1) is 11.6 Å². The summed E-state index contributed by atoms with van der Waals surface area (Å²) in [4.78, 5) is 8.25. The van der Waals surface area contributed by atoms with Crippen LogP contribution in [0.15, 0.2) is 18.3 Å². The quantitative estimate of drug-likeness (QED) is 0.917. The van der Waals surface area contributed by atoms with E-state index >= 15 is 0 Å². The van der Waals surface area contributed by atoms with E-state index in [4.69, 9.17) is 0 Å². The van der Waals surface area contributed by atoms with Gasteiger partial charge in [-0.2, -0.15) is 0 Å².